The van der Waals surface area contributed by atoms with Crippen molar-refractivity contribution in [3.63, 3.8) is 0 Å². The summed E-state index contributed by atoms with van der Waals surface area (Å²) in [5, 5.41) is 4.29. The Labute approximate surface area is 150 Å². The second-order valence-corrected chi connectivity index (χ2v) is 6.43. The zero-order chi connectivity index (χ0) is 17.9. The Morgan fingerprint density at radius 3 is 2.54 bits per heavy atom. The Morgan fingerprint density at radius 1 is 1.04 bits per heavy atom. The third kappa shape index (κ3) is 3.46. The molecule has 1 aliphatic heterocycles. The van der Waals surface area contributed by atoms with Crippen LogP contribution in [0.25, 0.3) is 0 Å². The first-order chi connectivity index (χ1) is 12.7. The molecule has 0 bridgehead atoms. The molecule has 1 saturated heterocycles. The standard InChI is InChI=1S/C19H18FN5O/c20-17-3-1-14(2-4-17)11-25-19(22-13-23-25)16-9-18(26)24(12-16)10-15-5-7-21-8-6-15/h1-8,13,16H,9-12H2. The van der Waals surface area contributed by atoms with E-state index in [0.717, 1.165) is 17.0 Å². The summed E-state index contributed by atoms with van der Waals surface area (Å²) in [5.41, 5.74) is 2.00. The molecule has 1 unspecified atom stereocenters. The fraction of sp³-hybridized carbons (Fsp3) is 0.263. The molecule has 4 rings (SSSR count). The van der Waals surface area contributed by atoms with E-state index in [4.69, 9.17) is 0 Å². The van der Waals surface area contributed by atoms with Gasteiger partial charge in [0.2, 0.25) is 5.91 Å². The van der Waals surface area contributed by atoms with Gasteiger partial charge in [0, 0.05) is 37.8 Å². The molecule has 0 radical (unpaired) electrons. The number of carbonyl (C=O) groups is 1. The molecule has 1 atom stereocenters. The van der Waals surface area contributed by atoms with Gasteiger partial charge in [-0.2, -0.15) is 5.10 Å². The van der Waals surface area contributed by atoms with Gasteiger partial charge >= 0.3 is 0 Å². The highest BCUT2D eigenvalue weighted by molar-refractivity contribution is 5.79. The lowest BCUT2D eigenvalue weighted by Crippen LogP contribution is -2.24. The zero-order valence-corrected chi connectivity index (χ0v) is 14.1. The molecule has 0 aliphatic carbocycles. The molecule has 3 aromatic rings. The van der Waals surface area contributed by atoms with Crippen LogP contribution < -0.4 is 0 Å². The normalized spacial score (nSPS) is 17.0. The van der Waals surface area contributed by atoms with Crippen LogP contribution in [0.15, 0.2) is 55.1 Å². The van der Waals surface area contributed by atoms with Crippen LogP contribution in [0.2, 0.25) is 0 Å². The highest BCUT2D eigenvalue weighted by atomic mass is 19.1. The van der Waals surface area contributed by atoms with E-state index in [-0.39, 0.29) is 17.6 Å². The summed E-state index contributed by atoms with van der Waals surface area (Å²) in [6.07, 6.45) is 5.39. The van der Waals surface area contributed by atoms with Crippen molar-refractivity contribution in [2.45, 2.75) is 25.4 Å². The second kappa shape index (κ2) is 7.03. The molecule has 26 heavy (non-hydrogen) atoms. The molecule has 0 spiro atoms. The highest BCUT2D eigenvalue weighted by Gasteiger charge is 2.33. The van der Waals surface area contributed by atoms with Gasteiger partial charge < -0.3 is 4.90 Å². The molecular weight excluding hydrogens is 333 g/mol. The zero-order valence-electron chi connectivity index (χ0n) is 14.1. The van der Waals surface area contributed by atoms with Crippen LogP contribution in [-0.4, -0.2) is 37.1 Å². The number of carbonyl (C=O) groups excluding carboxylic acids is 1. The van der Waals surface area contributed by atoms with Crippen molar-refractivity contribution in [2.75, 3.05) is 6.54 Å². The minimum absolute atomic E-state index is 0.00675. The third-order valence-electron chi connectivity index (χ3n) is 4.59. The molecule has 1 aromatic carbocycles. The van der Waals surface area contributed by atoms with E-state index in [1.807, 2.05) is 17.0 Å². The Balaban J connectivity index is 1.48. The number of likely N-dealkylation sites (tertiary alicyclic amines) is 1. The van der Waals surface area contributed by atoms with Gasteiger partial charge in [0.05, 0.1) is 6.54 Å². The smallest absolute Gasteiger partial charge is 0.223 e. The molecule has 7 heteroatoms. The molecule has 1 amide bonds. The maximum Gasteiger partial charge on any atom is 0.223 e. The van der Waals surface area contributed by atoms with Crippen molar-refractivity contribution in [1.29, 1.82) is 0 Å². The number of halogens is 1. The second-order valence-electron chi connectivity index (χ2n) is 6.43. The van der Waals surface area contributed by atoms with Crippen molar-refractivity contribution >= 4 is 5.91 Å². The monoisotopic (exact) mass is 351 g/mol. The van der Waals surface area contributed by atoms with Crippen LogP contribution in [0, 0.1) is 5.82 Å². The van der Waals surface area contributed by atoms with Gasteiger partial charge in [0.1, 0.15) is 18.0 Å². The van der Waals surface area contributed by atoms with Gasteiger partial charge in [0.25, 0.3) is 0 Å². The molecule has 2 aromatic heterocycles. The Bertz CT molecular complexity index is 894. The summed E-state index contributed by atoms with van der Waals surface area (Å²) in [7, 11) is 0. The number of hydrogen-bond donors (Lipinski definition) is 0. The molecule has 0 N–H and O–H groups in total. The van der Waals surface area contributed by atoms with E-state index < -0.39 is 0 Å². The number of benzene rings is 1. The lowest BCUT2D eigenvalue weighted by molar-refractivity contribution is -0.128. The summed E-state index contributed by atoms with van der Waals surface area (Å²) in [5.74, 6) is 0.649. The van der Waals surface area contributed by atoms with Crippen molar-refractivity contribution in [3.8, 4) is 0 Å². The summed E-state index contributed by atoms with van der Waals surface area (Å²) >= 11 is 0. The van der Waals surface area contributed by atoms with Crippen LogP contribution in [-0.2, 0) is 17.9 Å². The minimum Gasteiger partial charge on any atom is -0.338 e. The molecular formula is C19H18FN5O. The van der Waals surface area contributed by atoms with E-state index in [0.29, 0.717) is 26.1 Å². The van der Waals surface area contributed by atoms with Crippen LogP contribution >= 0.6 is 0 Å². The first-order valence-corrected chi connectivity index (χ1v) is 8.48. The van der Waals surface area contributed by atoms with Crippen molar-refractivity contribution in [3.05, 3.63) is 77.9 Å². The van der Waals surface area contributed by atoms with E-state index in [2.05, 4.69) is 15.1 Å². The Morgan fingerprint density at radius 2 is 1.77 bits per heavy atom. The van der Waals surface area contributed by atoms with Gasteiger partial charge in [-0.3, -0.25) is 9.78 Å². The lowest BCUT2D eigenvalue weighted by Gasteiger charge is -2.16. The molecule has 1 fully saturated rings. The van der Waals surface area contributed by atoms with E-state index in [1.165, 1.54) is 18.5 Å². The predicted octanol–water partition coefficient (Wildman–Crippen LogP) is 2.38. The number of pyridine rings is 1. The topological polar surface area (TPSA) is 63.9 Å². The SMILES string of the molecule is O=C1CC(c2ncnn2Cc2ccc(F)cc2)CN1Cc1ccncc1. The first kappa shape index (κ1) is 16.4. The van der Waals surface area contributed by atoms with Gasteiger partial charge in [-0.1, -0.05) is 12.1 Å². The summed E-state index contributed by atoms with van der Waals surface area (Å²) in [4.78, 5) is 22.6. The molecule has 0 saturated carbocycles. The first-order valence-electron chi connectivity index (χ1n) is 8.48. The average Bonchev–Trinajstić information content (AvgIpc) is 3.25. The lowest BCUT2D eigenvalue weighted by atomic mass is 10.1. The van der Waals surface area contributed by atoms with Crippen LogP contribution in [0.1, 0.15) is 29.3 Å². The summed E-state index contributed by atoms with van der Waals surface area (Å²) in [6, 6.07) is 10.2. The van der Waals surface area contributed by atoms with Gasteiger partial charge in [-0.25, -0.2) is 14.1 Å². The van der Waals surface area contributed by atoms with E-state index >= 15 is 0 Å². The third-order valence-corrected chi connectivity index (χ3v) is 4.59. The highest BCUT2D eigenvalue weighted by Crippen LogP contribution is 2.28. The minimum atomic E-state index is -0.263. The van der Waals surface area contributed by atoms with Crippen molar-refractivity contribution in [1.82, 2.24) is 24.6 Å². The van der Waals surface area contributed by atoms with Gasteiger partial charge in [0.15, 0.2) is 0 Å². The average molecular weight is 351 g/mol. The Kier molecular flexibility index (Phi) is 4.43. The quantitative estimate of drug-likeness (QED) is 0.708. The Hall–Kier alpha value is -3.09. The maximum atomic E-state index is 13.1. The number of nitrogens with zero attached hydrogens (tertiary/aromatic N) is 5. The molecule has 6 nitrogen and oxygen atoms in total. The van der Waals surface area contributed by atoms with Crippen molar-refractivity contribution in [2.24, 2.45) is 0 Å². The largest absolute Gasteiger partial charge is 0.338 e. The van der Waals surface area contributed by atoms with E-state index in [1.54, 1.807) is 29.2 Å². The molecule has 1 aliphatic rings. The number of rotatable bonds is 5. The van der Waals surface area contributed by atoms with Gasteiger partial charge in [-0.15, -0.1) is 0 Å². The van der Waals surface area contributed by atoms with E-state index in [9.17, 15) is 9.18 Å². The maximum absolute atomic E-state index is 13.1. The van der Waals surface area contributed by atoms with Crippen LogP contribution in [0.5, 0.6) is 0 Å². The number of amides is 1. The summed E-state index contributed by atoms with van der Waals surface area (Å²) in [6.45, 7) is 1.69. The van der Waals surface area contributed by atoms with Crippen molar-refractivity contribution < 1.29 is 9.18 Å². The number of aromatic nitrogens is 4. The summed E-state index contributed by atoms with van der Waals surface area (Å²) < 4.78 is 14.9. The molecule has 132 valence electrons. The fourth-order valence-electron chi connectivity index (χ4n) is 3.28. The van der Waals surface area contributed by atoms with Gasteiger partial charge in [-0.05, 0) is 35.4 Å². The number of hydrogen-bond acceptors (Lipinski definition) is 4. The molecule has 3 heterocycles. The predicted molar refractivity (Wildman–Crippen MR) is 92.5 cm³/mol. The fourth-order valence-corrected chi connectivity index (χ4v) is 3.28. The van der Waals surface area contributed by atoms with Crippen LogP contribution in [0.3, 0.4) is 0 Å². The van der Waals surface area contributed by atoms with Crippen LogP contribution in [0.4, 0.5) is 4.39 Å².